The van der Waals surface area contributed by atoms with Gasteiger partial charge in [-0.3, -0.25) is 10.2 Å². The lowest BCUT2D eigenvalue weighted by atomic mass is 10.1. The number of benzene rings is 1. The monoisotopic (exact) mass is 346 g/mol. The number of urea groups is 1. The zero-order chi connectivity index (χ0) is 16.8. The number of carbonyl (C=O) groups is 1. The van der Waals surface area contributed by atoms with E-state index in [1.165, 1.54) is 24.2 Å². The molecule has 1 aromatic carbocycles. The fourth-order valence-electron chi connectivity index (χ4n) is 2.98. The highest BCUT2D eigenvalue weighted by atomic mass is 32.1. The predicted octanol–water partition coefficient (Wildman–Crippen LogP) is 3.11. The molecule has 7 heteroatoms. The second-order valence-corrected chi connectivity index (χ2v) is 6.60. The molecule has 1 atom stereocenters. The summed E-state index contributed by atoms with van der Waals surface area (Å²) in [5, 5.41) is 8.16. The van der Waals surface area contributed by atoms with Gasteiger partial charge < -0.3 is 10.1 Å². The summed E-state index contributed by atoms with van der Waals surface area (Å²) < 4.78 is 5.34. The number of carbonyl (C=O) groups excluding carboxylic acids is 1. The van der Waals surface area contributed by atoms with Gasteiger partial charge >= 0.3 is 6.03 Å². The minimum atomic E-state index is -0.225. The van der Waals surface area contributed by atoms with E-state index in [1.54, 1.807) is 13.3 Å². The lowest BCUT2D eigenvalue weighted by molar-refractivity contribution is 0.227. The number of nitrogens with one attached hydrogen (secondary N) is 2. The maximum Gasteiger partial charge on any atom is 0.321 e. The van der Waals surface area contributed by atoms with Gasteiger partial charge in [0.15, 0.2) is 5.13 Å². The molecule has 0 aliphatic carbocycles. The van der Waals surface area contributed by atoms with E-state index >= 15 is 0 Å². The number of thiazole rings is 1. The van der Waals surface area contributed by atoms with Crippen molar-refractivity contribution >= 4 is 22.5 Å². The standard InChI is InChI=1S/C17H22N4O2S/c1-23-14-6-4-5-13(11-14)15(21-8-2-3-9-21)12-19-16(22)20-17-18-7-10-24-17/h4-7,10-11,15H,2-3,8-9,12H2,1H3,(H2,18,19,20,22). The number of amides is 2. The summed E-state index contributed by atoms with van der Waals surface area (Å²) in [5.41, 5.74) is 1.16. The SMILES string of the molecule is COc1cccc(C(CNC(=O)Nc2nccs2)N2CCCC2)c1. The van der Waals surface area contributed by atoms with Crippen molar-refractivity contribution in [2.24, 2.45) is 0 Å². The first-order valence-corrected chi connectivity index (χ1v) is 8.96. The van der Waals surface area contributed by atoms with Gasteiger partial charge in [0.1, 0.15) is 5.75 Å². The molecular weight excluding hydrogens is 324 g/mol. The van der Waals surface area contributed by atoms with Gasteiger partial charge in [-0.1, -0.05) is 12.1 Å². The summed E-state index contributed by atoms with van der Waals surface area (Å²) >= 11 is 1.40. The van der Waals surface area contributed by atoms with Crippen LogP contribution in [0.2, 0.25) is 0 Å². The maximum absolute atomic E-state index is 12.1. The highest BCUT2D eigenvalue weighted by molar-refractivity contribution is 7.13. The number of hydrogen-bond acceptors (Lipinski definition) is 5. The molecule has 2 aromatic rings. The average Bonchev–Trinajstić information content (AvgIpc) is 3.29. The number of methoxy groups -OCH3 is 1. The number of likely N-dealkylation sites (tertiary alicyclic amines) is 1. The lowest BCUT2D eigenvalue weighted by Gasteiger charge is -2.28. The van der Waals surface area contributed by atoms with Gasteiger partial charge in [-0.15, -0.1) is 11.3 Å². The van der Waals surface area contributed by atoms with Crippen LogP contribution in [0.4, 0.5) is 9.93 Å². The summed E-state index contributed by atoms with van der Waals surface area (Å²) in [4.78, 5) is 18.6. The summed E-state index contributed by atoms with van der Waals surface area (Å²) in [6.07, 6.45) is 4.07. The summed E-state index contributed by atoms with van der Waals surface area (Å²) in [6.45, 7) is 2.65. The zero-order valence-electron chi connectivity index (χ0n) is 13.7. The first kappa shape index (κ1) is 16.7. The Hall–Kier alpha value is -2.12. The van der Waals surface area contributed by atoms with E-state index in [4.69, 9.17) is 4.74 Å². The Morgan fingerprint density at radius 3 is 2.96 bits per heavy atom. The third-order valence-electron chi connectivity index (χ3n) is 4.17. The Bertz CT molecular complexity index is 656. The van der Waals surface area contributed by atoms with Crippen LogP contribution in [0.25, 0.3) is 0 Å². The Labute approximate surface area is 145 Å². The van der Waals surface area contributed by atoms with Crippen molar-refractivity contribution in [3.05, 3.63) is 41.4 Å². The molecule has 0 saturated carbocycles. The van der Waals surface area contributed by atoms with E-state index in [9.17, 15) is 4.79 Å². The molecule has 2 heterocycles. The molecular formula is C17H22N4O2S. The number of anilines is 1. The van der Waals surface area contributed by atoms with E-state index < -0.39 is 0 Å². The van der Waals surface area contributed by atoms with Gasteiger partial charge in [-0.25, -0.2) is 9.78 Å². The van der Waals surface area contributed by atoms with Crippen molar-refractivity contribution in [3.63, 3.8) is 0 Å². The van der Waals surface area contributed by atoms with Gasteiger partial charge in [-0.05, 0) is 43.6 Å². The molecule has 128 valence electrons. The molecule has 0 radical (unpaired) electrons. The van der Waals surface area contributed by atoms with Gasteiger partial charge in [-0.2, -0.15) is 0 Å². The molecule has 6 nitrogen and oxygen atoms in total. The topological polar surface area (TPSA) is 66.5 Å². The second-order valence-electron chi connectivity index (χ2n) is 5.71. The molecule has 1 fully saturated rings. The van der Waals surface area contributed by atoms with Crippen molar-refractivity contribution in [2.45, 2.75) is 18.9 Å². The van der Waals surface area contributed by atoms with Gasteiger partial charge in [0.05, 0.1) is 13.2 Å². The van der Waals surface area contributed by atoms with Crippen molar-refractivity contribution in [3.8, 4) is 5.75 Å². The maximum atomic E-state index is 12.1. The smallest absolute Gasteiger partial charge is 0.321 e. The second kappa shape index (κ2) is 8.12. The van der Waals surface area contributed by atoms with E-state index in [0.29, 0.717) is 11.7 Å². The first-order valence-electron chi connectivity index (χ1n) is 8.08. The molecule has 24 heavy (non-hydrogen) atoms. The van der Waals surface area contributed by atoms with Crippen molar-refractivity contribution in [1.29, 1.82) is 0 Å². The Morgan fingerprint density at radius 2 is 2.25 bits per heavy atom. The number of rotatable bonds is 6. The van der Waals surface area contributed by atoms with Crippen LogP contribution < -0.4 is 15.4 Å². The quantitative estimate of drug-likeness (QED) is 0.843. The minimum absolute atomic E-state index is 0.143. The van der Waals surface area contributed by atoms with Crippen LogP contribution in [-0.2, 0) is 0 Å². The fraction of sp³-hybridized carbons (Fsp3) is 0.412. The highest BCUT2D eigenvalue weighted by Gasteiger charge is 2.24. The third kappa shape index (κ3) is 4.24. The van der Waals surface area contributed by atoms with Crippen molar-refractivity contribution in [2.75, 3.05) is 32.1 Å². The van der Waals surface area contributed by atoms with Gasteiger partial charge in [0, 0.05) is 18.1 Å². The first-order chi connectivity index (χ1) is 11.8. The van der Waals surface area contributed by atoms with Crippen LogP contribution in [-0.4, -0.2) is 42.7 Å². The number of ether oxygens (including phenoxy) is 1. The summed E-state index contributed by atoms with van der Waals surface area (Å²) in [7, 11) is 1.67. The Morgan fingerprint density at radius 1 is 1.42 bits per heavy atom. The van der Waals surface area contributed by atoms with E-state index in [0.717, 1.165) is 24.4 Å². The van der Waals surface area contributed by atoms with E-state index in [2.05, 4.69) is 26.6 Å². The third-order valence-corrected chi connectivity index (χ3v) is 4.86. The minimum Gasteiger partial charge on any atom is -0.497 e. The van der Waals surface area contributed by atoms with Crippen LogP contribution >= 0.6 is 11.3 Å². The molecule has 1 saturated heterocycles. The van der Waals surface area contributed by atoms with Gasteiger partial charge in [0.2, 0.25) is 0 Å². The molecule has 1 aromatic heterocycles. The predicted molar refractivity (Wildman–Crippen MR) is 95.7 cm³/mol. The fourth-order valence-corrected chi connectivity index (χ4v) is 3.50. The Balaban J connectivity index is 1.66. The molecule has 3 rings (SSSR count). The van der Waals surface area contributed by atoms with Crippen LogP contribution in [0.15, 0.2) is 35.8 Å². The zero-order valence-corrected chi connectivity index (χ0v) is 14.5. The highest BCUT2D eigenvalue weighted by Crippen LogP contribution is 2.27. The lowest BCUT2D eigenvalue weighted by Crippen LogP contribution is -2.38. The van der Waals surface area contributed by atoms with Crippen LogP contribution in [0.1, 0.15) is 24.4 Å². The molecule has 1 aliphatic heterocycles. The van der Waals surface area contributed by atoms with Gasteiger partial charge in [0.25, 0.3) is 0 Å². The number of nitrogens with zero attached hydrogens (tertiary/aromatic N) is 2. The molecule has 1 unspecified atom stereocenters. The molecule has 2 N–H and O–H groups in total. The molecule has 1 aliphatic rings. The average molecular weight is 346 g/mol. The van der Waals surface area contributed by atoms with Crippen molar-refractivity contribution in [1.82, 2.24) is 15.2 Å². The molecule has 0 bridgehead atoms. The van der Waals surface area contributed by atoms with Crippen LogP contribution in [0.5, 0.6) is 5.75 Å². The molecule has 0 spiro atoms. The summed E-state index contributed by atoms with van der Waals surface area (Å²) in [6, 6.07) is 7.98. The van der Waals surface area contributed by atoms with Crippen LogP contribution in [0, 0.1) is 0 Å². The van der Waals surface area contributed by atoms with E-state index in [1.807, 2.05) is 23.6 Å². The largest absolute Gasteiger partial charge is 0.497 e. The molecule has 2 amide bonds. The number of aromatic nitrogens is 1. The van der Waals surface area contributed by atoms with Crippen LogP contribution in [0.3, 0.4) is 0 Å². The number of hydrogen-bond donors (Lipinski definition) is 2. The van der Waals surface area contributed by atoms with E-state index in [-0.39, 0.29) is 12.1 Å². The normalized spacial score (nSPS) is 15.9. The Kier molecular flexibility index (Phi) is 5.66. The van der Waals surface area contributed by atoms with Crippen molar-refractivity contribution < 1.29 is 9.53 Å². The summed E-state index contributed by atoms with van der Waals surface area (Å²) in [5.74, 6) is 0.837.